The van der Waals surface area contributed by atoms with Crippen molar-refractivity contribution < 1.29 is 13.7 Å². The van der Waals surface area contributed by atoms with Gasteiger partial charge in [0, 0.05) is 17.1 Å². The van der Waals surface area contributed by atoms with Crippen LogP contribution in [-0.2, 0) is 11.3 Å². The van der Waals surface area contributed by atoms with Crippen molar-refractivity contribution in [2.45, 2.75) is 20.4 Å². The predicted octanol–water partition coefficient (Wildman–Crippen LogP) is 3.45. The summed E-state index contributed by atoms with van der Waals surface area (Å²) in [5.74, 6) is -0.194. The van der Waals surface area contributed by atoms with Crippen LogP contribution in [0.15, 0.2) is 57.8 Å². The number of hydrogen-bond acceptors (Lipinski definition) is 5. The van der Waals surface area contributed by atoms with E-state index in [9.17, 15) is 14.0 Å². The maximum atomic E-state index is 13.5. The van der Waals surface area contributed by atoms with Crippen molar-refractivity contribution in [3.8, 4) is 11.5 Å². The van der Waals surface area contributed by atoms with Gasteiger partial charge in [-0.15, -0.1) is 0 Å². The molecule has 0 aliphatic carbocycles. The fourth-order valence-electron chi connectivity index (χ4n) is 3.14. The Labute approximate surface area is 164 Å². The van der Waals surface area contributed by atoms with Crippen molar-refractivity contribution in [2.75, 3.05) is 5.32 Å². The van der Waals surface area contributed by atoms with Crippen LogP contribution in [0.4, 0.5) is 10.1 Å². The Morgan fingerprint density at radius 2 is 1.97 bits per heavy atom. The Balaban J connectivity index is 1.73. The molecule has 0 saturated heterocycles. The van der Waals surface area contributed by atoms with E-state index in [-0.39, 0.29) is 18.0 Å². The smallest absolute Gasteiger partial charge is 0.258 e. The highest BCUT2D eigenvalue weighted by Gasteiger charge is 2.16. The van der Waals surface area contributed by atoms with Gasteiger partial charge in [0.05, 0.1) is 11.1 Å². The number of rotatable bonds is 4. The Morgan fingerprint density at radius 1 is 1.17 bits per heavy atom. The number of aromatic nitrogens is 3. The topological polar surface area (TPSA) is 90.0 Å². The number of carbonyl (C=O) groups is 1. The van der Waals surface area contributed by atoms with E-state index >= 15 is 0 Å². The second-order valence-corrected chi connectivity index (χ2v) is 6.65. The quantitative estimate of drug-likeness (QED) is 0.575. The SMILES string of the molecule is Cc1noc(-c2cc(=O)n(CC(=O)Nc3cc(F)ccc3C)c3ccccc23)n1. The van der Waals surface area contributed by atoms with Crippen LogP contribution in [0.5, 0.6) is 0 Å². The normalized spacial score (nSPS) is 11.0. The lowest BCUT2D eigenvalue weighted by Gasteiger charge is -2.13. The van der Waals surface area contributed by atoms with Crippen LogP contribution in [-0.4, -0.2) is 20.6 Å². The molecule has 0 radical (unpaired) electrons. The largest absolute Gasteiger partial charge is 0.334 e. The Kier molecular flexibility index (Phi) is 4.67. The van der Waals surface area contributed by atoms with Crippen molar-refractivity contribution >= 4 is 22.5 Å². The van der Waals surface area contributed by atoms with Crippen LogP contribution >= 0.6 is 0 Å². The third-order valence-electron chi connectivity index (χ3n) is 4.55. The number of amides is 1. The van der Waals surface area contributed by atoms with Crippen LogP contribution in [0, 0.1) is 19.7 Å². The number of hydrogen-bond donors (Lipinski definition) is 1. The molecule has 0 aliphatic rings. The fraction of sp³-hybridized carbons (Fsp3) is 0.143. The first-order chi connectivity index (χ1) is 13.9. The van der Waals surface area contributed by atoms with Crippen molar-refractivity contribution in [3.05, 3.63) is 76.1 Å². The van der Waals surface area contributed by atoms with Gasteiger partial charge in [-0.3, -0.25) is 14.2 Å². The third kappa shape index (κ3) is 3.64. The summed E-state index contributed by atoms with van der Waals surface area (Å²) in [7, 11) is 0. The van der Waals surface area contributed by atoms with Crippen molar-refractivity contribution in [1.29, 1.82) is 0 Å². The van der Waals surface area contributed by atoms with Gasteiger partial charge in [0.15, 0.2) is 5.82 Å². The lowest BCUT2D eigenvalue weighted by Crippen LogP contribution is -2.28. The summed E-state index contributed by atoms with van der Waals surface area (Å²) < 4.78 is 20.0. The van der Waals surface area contributed by atoms with E-state index in [1.54, 1.807) is 32.0 Å². The molecule has 0 atom stereocenters. The average molecular weight is 392 g/mol. The summed E-state index contributed by atoms with van der Waals surface area (Å²) in [5, 5.41) is 7.13. The highest BCUT2D eigenvalue weighted by atomic mass is 19.1. The monoisotopic (exact) mass is 392 g/mol. The van der Waals surface area contributed by atoms with Gasteiger partial charge in [-0.1, -0.05) is 29.4 Å². The molecule has 7 nitrogen and oxygen atoms in total. The van der Waals surface area contributed by atoms with E-state index in [1.165, 1.54) is 22.8 Å². The van der Waals surface area contributed by atoms with Crippen LogP contribution in [0.3, 0.4) is 0 Å². The lowest BCUT2D eigenvalue weighted by molar-refractivity contribution is -0.116. The molecule has 2 aromatic carbocycles. The van der Waals surface area contributed by atoms with Gasteiger partial charge >= 0.3 is 0 Å². The molecular formula is C21H17FN4O3. The molecule has 0 unspecified atom stereocenters. The maximum Gasteiger partial charge on any atom is 0.258 e. The number of halogens is 1. The minimum absolute atomic E-state index is 0.224. The first kappa shape index (κ1) is 18.5. The van der Waals surface area contributed by atoms with Crippen LogP contribution in [0.1, 0.15) is 11.4 Å². The number of nitrogens with zero attached hydrogens (tertiary/aromatic N) is 3. The second kappa shape index (κ2) is 7.31. The van der Waals surface area contributed by atoms with E-state index in [1.807, 2.05) is 12.1 Å². The summed E-state index contributed by atoms with van der Waals surface area (Å²) >= 11 is 0. The molecule has 0 bridgehead atoms. The van der Waals surface area contributed by atoms with Gasteiger partial charge in [-0.2, -0.15) is 4.98 Å². The second-order valence-electron chi connectivity index (χ2n) is 6.65. The lowest BCUT2D eigenvalue weighted by atomic mass is 10.1. The van der Waals surface area contributed by atoms with Gasteiger partial charge in [-0.25, -0.2) is 4.39 Å². The standard InChI is InChI=1S/C21H17FN4O3/c1-12-7-8-14(22)9-17(12)24-19(27)11-26-18-6-4-3-5-15(18)16(10-20(26)28)21-23-13(2)25-29-21/h3-10H,11H2,1-2H3,(H,24,27). The van der Waals surface area contributed by atoms with Gasteiger partial charge in [-0.05, 0) is 37.6 Å². The molecule has 0 fully saturated rings. The highest BCUT2D eigenvalue weighted by Crippen LogP contribution is 2.26. The zero-order valence-electron chi connectivity index (χ0n) is 15.8. The molecule has 0 spiro atoms. The van der Waals surface area contributed by atoms with Gasteiger partial charge in [0.25, 0.3) is 11.4 Å². The minimum atomic E-state index is -0.451. The average Bonchev–Trinajstić information content (AvgIpc) is 3.13. The van der Waals surface area contributed by atoms with Crippen molar-refractivity contribution in [2.24, 2.45) is 0 Å². The van der Waals surface area contributed by atoms with Gasteiger partial charge in [0.2, 0.25) is 5.91 Å². The number of benzene rings is 2. The fourth-order valence-corrected chi connectivity index (χ4v) is 3.14. The summed E-state index contributed by atoms with van der Waals surface area (Å²) in [5.41, 5.74) is 1.76. The maximum absolute atomic E-state index is 13.5. The molecule has 4 rings (SSSR count). The summed E-state index contributed by atoms with van der Waals surface area (Å²) in [6, 6.07) is 12.7. The van der Waals surface area contributed by atoms with Gasteiger partial charge < -0.3 is 9.84 Å². The summed E-state index contributed by atoms with van der Waals surface area (Å²) in [6.45, 7) is 3.23. The molecule has 1 amide bonds. The molecule has 1 N–H and O–H groups in total. The van der Waals surface area contributed by atoms with E-state index in [4.69, 9.17) is 4.52 Å². The number of aryl methyl sites for hydroxylation is 2. The van der Waals surface area contributed by atoms with Crippen LogP contribution < -0.4 is 10.9 Å². The molecule has 2 heterocycles. The number of para-hydroxylation sites is 1. The molecule has 0 aliphatic heterocycles. The Hall–Kier alpha value is -3.81. The Bertz CT molecular complexity index is 1290. The van der Waals surface area contributed by atoms with E-state index < -0.39 is 11.7 Å². The van der Waals surface area contributed by atoms with Crippen molar-refractivity contribution in [3.63, 3.8) is 0 Å². The zero-order valence-corrected chi connectivity index (χ0v) is 15.8. The number of anilines is 1. The first-order valence-corrected chi connectivity index (χ1v) is 8.91. The molecular weight excluding hydrogens is 375 g/mol. The molecule has 0 saturated carbocycles. The molecule has 2 aromatic heterocycles. The van der Waals surface area contributed by atoms with E-state index in [0.717, 1.165) is 5.56 Å². The number of carbonyl (C=O) groups excluding carboxylic acids is 1. The summed E-state index contributed by atoms with van der Waals surface area (Å²) in [4.78, 5) is 29.5. The van der Waals surface area contributed by atoms with Crippen molar-refractivity contribution in [1.82, 2.24) is 14.7 Å². The molecule has 29 heavy (non-hydrogen) atoms. The molecule has 4 aromatic rings. The molecule has 8 heteroatoms. The first-order valence-electron chi connectivity index (χ1n) is 8.91. The zero-order chi connectivity index (χ0) is 20.5. The van der Waals surface area contributed by atoms with Crippen LogP contribution in [0.25, 0.3) is 22.4 Å². The third-order valence-corrected chi connectivity index (χ3v) is 4.55. The van der Waals surface area contributed by atoms with E-state index in [2.05, 4.69) is 15.5 Å². The number of pyridine rings is 1. The number of nitrogens with one attached hydrogen (secondary N) is 1. The van der Waals surface area contributed by atoms with Crippen LogP contribution in [0.2, 0.25) is 0 Å². The van der Waals surface area contributed by atoms with E-state index in [0.29, 0.717) is 28.0 Å². The summed E-state index contributed by atoms with van der Waals surface area (Å²) in [6.07, 6.45) is 0. The number of fused-ring (bicyclic) bond motifs is 1. The highest BCUT2D eigenvalue weighted by molar-refractivity contribution is 5.95. The predicted molar refractivity (Wildman–Crippen MR) is 106 cm³/mol. The molecule has 146 valence electrons. The van der Waals surface area contributed by atoms with Gasteiger partial charge in [0.1, 0.15) is 12.4 Å². The minimum Gasteiger partial charge on any atom is -0.334 e. The Morgan fingerprint density at radius 3 is 2.72 bits per heavy atom.